The maximum absolute atomic E-state index is 14.9. The first-order chi connectivity index (χ1) is 15.3. The molecular formula is C22H24FN5O3S. The van der Waals surface area contributed by atoms with Gasteiger partial charge in [-0.25, -0.2) is 27.6 Å². The summed E-state index contributed by atoms with van der Waals surface area (Å²) in [5.41, 5.74) is 1.03. The number of halogens is 1. The molecule has 0 radical (unpaired) electrons. The highest BCUT2D eigenvalue weighted by atomic mass is 32.2. The van der Waals surface area contributed by atoms with Gasteiger partial charge in [0.15, 0.2) is 5.82 Å². The van der Waals surface area contributed by atoms with Gasteiger partial charge in [-0.1, -0.05) is 24.3 Å². The smallest absolute Gasteiger partial charge is 0.238 e. The summed E-state index contributed by atoms with van der Waals surface area (Å²) in [5, 5.41) is 9.68. The maximum atomic E-state index is 14.9. The van der Waals surface area contributed by atoms with E-state index in [1.54, 1.807) is 7.11 Å². The molecule has 0 atom stereocenters. The molecule has 2 N–H and O–H groups in total. The quantitative estimate of drug-likeness (QED) is 0.547. The zero-order valence-corrected chi connectivity index (χ0v) is 18.4. The number of nitrogens with two attached hydrogens (primary N) is 1. The van der Waals surface area contributed by atoms with Crippen molar-refractivity contribution in [1.82, 2.24) is 19.7 Å². The van der Waals surface area contributed by atoms with Crippen molar-refractivity contribution in [2.75, 3.05) is 20.2 Å². The number of ether oxygens (including phenoxy) is 1. The molecule has 1 aliphatic rings. The first-order valence-corrected chi connectivity index (χ1v) is 11.7. The molecular weight excluding hydrogens is 433 g/mol. The molecule has 2 heterocycles. The van der Waals surface area contributed by atoms with Crippen LogP contribution in [0.5, 0.6) is 5.75 Å². The van der Waals surface area contributed by atoms with Crippen molar-refractivity contribution in [1.29, 1.82) is 0 Å². The Bertz CT molecular complexity index is 1260. The summed E-state index contributed by atoms with van der Waals surface area (Å²) >= 11 is 0. The van der Waals surface area contributed by atoms with Crippen molar-refractivity contribution in [3.8, 4) is 11.4 Å². The van der Waals surface area contributed by atoms with Crippen LogP contribution in [0.4, 0.5) is 4.39 Å². The van der Waals surface area contributed by atoms with Crippen LogP contribution < -0.4 is 9.88 Å². The lowest BCUT2D eigenvalue weighted by Crippen LogP contribution is -2.27. The molecule has 3 aromatic rings. The average molecular weight is 458 g/mol. The van der Waals surface area contributed by atoms with Gasteiger partial charge < -0.3 is 4.74 Å². The standard InChI is InChI=1S/C22H24FN5O3S/c1-31-17-7-5-6-16(12-17)13-22-25-21(15-27-10-3-2-4-11-27)26-28(22)20-9-8-18(14-19(20)23)32(24,29)30/h2-3,5-9,12,14H,4,10-11,13,15H2,1H3,(H2,24,29,30). The third kappa shape index (κ3) is 5.04. The van der Waals surface area contributed by atoms with Gasteiger partial charge in [0, 0.05) is 19.5 Å². The second kappa shape index (κ2) is 9.19. The lowest BCUT2D eigenvalue weighted by atomic mass is 10.1. The van der Waals surface area contributed by atoms with E-state index in [2.05, 4.69) is 27.1 Å². The van der Waals surface area contributed by atoms with Gasteiger partial charge in [-0.05, 0) is 42.3 Å². The third-order valence-electron chi connectivity index (χ3n) is 5.20. The summed E-state index contributed by atoms with van der Waals surface area (Å²) in [6.07, 6.45) is 5.59. The molecule has 2 aromatic carbocycles. The fraction of sp³-hybridized carbons (Fsp3) is 0.273. The van der Waals surface area contributed by atoms with Crippen LogP contribution in [0.3, 0.4) is 0 Å². The van der Waals surface area contributed by atoms with E-state index in [0.717, 1.165) is 31.1 Å². The molecule has 168 valence electrons. The Morgan fingerprint density at radius 1 is 1.19 bits per heavy atom. The number of nitrogens with zero attached hydrogens (tertiary/aromatic N) is 4. The van der Waals surface area contributed by atoms with E-state index in [4.69, 9.17) is 9.88 Å². The van der Waals surface area contributed by atoms with Crippen molar-refractivity contribution in [3.63, 3.8) is 0 Å². The third-order valence-corrected chi connectivity index (χ3v) is 6.11. The lowest BCUT2D eigenvalue weighted by molar-refractivity contribution is 0.283. The summed E-state index contributed by atoms with van der Waals surface area (Å²) in [4.78, 5) is 6.59. The van der Waals surface area contributed by atoms with Gasteiger partial charge in [-0.15, -0.1) is 5.10 Å². The second-order valence-corrected chi connectivity index (χ2v) is 9.10. The normalized spacial score (nSPS) is 14.6. The van der Waals surface area contributed by atoms with E-state index in [1.807, 2.05) is 24.3 Å². The van der Waals surface area contributed by atoms with Crippen LogP contribution >= 0.6 is 0 Å². The van der Waals surface area contributed by atoms with Gasteiger partial charge in [-0.2, -0.15) is 0 Å². The van der Waals surface area contributed by atoms with Crippen molar-refractivity contribution in [2.45, 2.75) is 24.3 Å². The van der Waals surface area contributed by atoms with Gasteiger partial charge in [0.2, 0.25) is 10.0 Å². The first kappa shape index (κ1) is 22.1. The molecule has 8 nitrogen and oxygen atoms in total. The van der Waals surface area contributed by atoms with E-state index in [-0.39, 0.29) is 10.6 Å². The van der Waals surface area contributed by atoms with E-state index in [1.165, 1.54) is 16.8 Å². The SMILES string of the molecule is COc1cccc(Cc2nc(CN3CC=CCC3)nn2-c2ccc(S(N)(=O)=O)cc2F)c1. The zero-order chi connectivity index (χ0) is 22.7. The van der Waals surface area contributed by atoms with Gasteiger partial charge in [0.1, 0.15) is 23.1 Å². The number of aromatic nitrogens is 3. The van der Waals surface area contributed by atoms with Gasteiger partial charge in [-0.3, -0.25) is 4.90 Å². The molecule has 0 aliphatic carbocycles. The van der Waals surface area contributed by atoms with Crippen LogP contribution in [-0.4, -0.2) is 48.3 Å². The first-order valence-electron chi connectivity index (χ1n) is 10.1. The molecule has 1 aromatic heterocycles. The highest BCUT2D eigenvalue weighted by molar-refractivity contribution is 7.89. The number of primary sulfonamides is 1. The number of benzene rings is 2. The molecule has 0 saturated carbocycles. The fourth-order valence-corrected chi connectivity index (χ4v) is 4.13. The Labute approximate surface area is 186 Å². The molecule has 4 rings (SSSR count). The minimum Gasteiger partial charge on any atom is -0.497 e. The summed E-state index contributed by atoms with van der Waals surface area (Å²) < 4.78 is 44.8. The maximum Gasteiger partial charge on any atom is 0.238 e. The monoisotopic (exact) mass is 457 g/mol. The van der Waals surface area contributed by atoms with Crippen molar-refractivity contribution >= 4 is 10.0 Å². The Morgan fingerprint density at radius 3 is 2.72 bits per heavy atom. The molecule has 0 saturated heterocycles. The number of hydrogen-bond acceptors (Lipinski definition) is 6. The summed E-state index contributed by atoms with van der Waals surface area (Å²) in [7, 11) is -2.42. The van der Waals surface area contributed by atoms with Crippen LogP contribution in [0, 0.1) is 5.82 Å². The van der Waals surface area contributed by atoms with Gasteiger partial charge in [0.05, 0.1) is 18.6 Å². The van der Waals surface area contributed by atoms with Crippen LogP contribution in [-0.2, 0) is 23.0 Å². The van der Waals surface area contributed by atoms with Crippen molar-refractivity contribution in [2.24, 2.45) is 5.14 Å². The lowest BCUT2D eigenvalue weighted by Gasteiger charge is -2.20. The summed E-state index contributed by atoms with van der Waals surface area (Å²) in [5.74, 6) is 1.05. The summed E-state index contributed by atoms with van der Waals surface area (Å²) in [6, 6.07) is 11.0. The van der Waals surface area contributed by atoms with Gasteiger partial charge >= 0.3 is 0 Å². The molecule has 0 amide bonds. The van der Waals surface area contributed by atoms with E-state index < -0.39 is 15.8 Å². The molecule has 10 heteroatoms. The predicted molar refractivity (Wildman–Crippen MR) is 118 cm³/mol. The highest BCUT2D eigenvalue weighted by Crippen LogP contribution is 2.22. The summed E-state index contributed by atoms with van der Waals surface area (Å²) in [6.45, 7) is 2.23. The number of sulfonamides is 1. The molecule has 1 aliphatic heterocycles. The zero-order valence-electron chi connectivity index (χ0n) is 17.6. The second-order valence-electron chi connectivity index (χ2n) is 7.54. The largest absolute Gasteiger partial charge is 0.497 e. The predicted octanol–water partition coefficient (Wildman–Crippen LogP) is 2.42. The van der Waals surface area contributed by atoms with Gasteiger partial charge in [0.25, 0.3) is 0 Å². The highest BCUT2D eigenvalue weighted by Gasteiger charge is 2.19. The average Bonchev–Trinajstić information content (AvgIpc) is 3.15. The van der Waals surface area contributed by atoms with E-state index >= 15 is 0 Å². The molecule has 0 fully saturated rings. The number of rotatable bonds is 7. The minimum absolute atomic E-state index is 0.104. The number of methoxy groups -OCH3 is 1. The van der Waals surface area contributed by atoms with Crippen LogP contribution in [0.2, 0.25) is 0 Å². The molecule has 0 bridgehead atoms. The van der Waals surface area contributed by atoms with Crippen molar-refractivity contribution < 1.29 is 17.5 Å². The Kier molecular flexibility index (Phi) is 6.35. The topological polar surface area (TPSA) is 103 Å². The van der Waals surface area contributed by atoms with Crippen molar-refractivity contribution in [3.05, 3.63) is 77.6 Å². The Morgan fingerprint density at radius 2 is 2.03 bits per heavy atom. The van der Waals surface area contributed by atoms with Crippen LogP contribution in [0.1, 0.15) is 23.6 Å². The molecule has 0 spiro atoms. The minimum atomic E-state index is -4.02. The number of hydrogen-bond donors (Lipinski definition) is 1. The molecule has 0 unspecified atom stereocenters. The Hall–Kier alpha value is -3.08. The Balaban J connectivity index is 1.72. The van der Waals surface area contributed by atoms with Crippen LogP contribution in [0.25, 0.3) is 5.69 Å². The van der Waals surface area contributed by atoms with E-state index in [0.29, 0.717) is 30.4 Å². The van der Waals surface area contributed by atoms with E-state index in [9.17, 15) is 12.8 Å². The molecule has 32 heavy (non-hydrogen) atoms. The fourth-order valence-electron chi connectivity index (χ4n) is 3.60. The van der Waals surface area contributed by atoms with Crippen LogP contribution in [0.15, 0.2) is 59.5 Å².